The van der Waals surface area contributed by atoms with Crippen molar-refractivity contribution in [2.45, 2.75) is 31.7 Å². The second-order valence-electron chi connectivity index (χ2n) is 5.79. The second-order valence-corrected chi connectivity index (χ2v) is 6.80. The largest absolute Gasteiger partial charge is 0.473 e. The van der Waals surface area contributed by atoms with Crippen LogP contribution in [-0.4, -0.2) is 35.1 Å². The Morgan fingerprint density at radius 3 is 2.64 bits per heavy atom. The number of halogens is 1. The van der Waals surface area contributed by atoms with Crippen molar-refractivity contribution in [3.05, 3.63) is 58.8 Å². The standard InChI is InChI=1S/C17H19BrN2O2/c1-11-9-14(18)10-22-16(11)20-15(12(2)19(3)17(20)21)13-7-5-4-6-8-13/h4-8,10,12,15-16H,1,9H2,2-3H3/t12-,15-,16-/m0/s1. The molecule has 3 rings (SSSR count). The third-order valence-corrected chi connectivity index (χ3v) is 4.82. The highest BCUT2D eigenvalue weighted by Gasteiger charge is 2.47. The van der Waals surface area contributed by atoms with E-state index in [1.807, 2.05) is 25.2 Å². The van der Waals surface area contributed by atoms with Gasteiger partial charge in [0.1, 0.15) is 0 Å². The van der Waals surface area contributed by atoms with Gasteiger partial charge in [-0.15, -0.1) is 0 Å². The highest BCUT2D eigenvalue weighted by Crippen LogP contribution is 2.40. The Hall–Kier alpha value is -1.75. The molecule has 1 saturated heterocycles. The van der Waals surface area contributed by atoms with Crippen LogP contribution in [0.3, 0.4) is 0 Å². The van der Waals surface area contributed by atoms with E-state index in [9.17, 15) is 4.79 Å². The number of urea groups is 1. The lowest BCUT2D eigenvalue weighted by atomic mass is 9.99. The maximum Gasteiger partial charge on any atom is 0.323 e. The van der Waals surface area contributed by atoms with Crippen molar-refractivity contribution in [1.82, 2.24) is 9.80 Å². The molecule has 2 aliphatic rings. The van der Waals surface area contributed by atoms with E-state index in [4.69, 9.17) is 4.74 Å². The highest BCUT2D eigenvalue weighted by molar-refractivity contribution is 9.11. The summed E-state index contributed by atoms with van der Waals surface area (Å²) in [6.07, 6.45) is 1.93. The fourth-order valence-electron chi connectivity index (χ4n) is 3.10. The number of ether oxygens (including phenoxy) is 1. The first-order valence-corrected chi connectivity index (χ1v) is 8.07. The quantitative estimate of drug-likeness (QED) is 0.744. The molecule has 1 aromatic carbocycles. The summed E-state index contributed by atoms with van der Waals surface area (Å²) in [6, 6.07) is 10.1. The van der Waals surface area contributed by atoms with Gasteiger partial charge in [0.2, 0.25) is 0 Å². The van der Waals surface area contributed by atoms with Gasteiger partial charge in [0.25, 0.3) is 0 Å². The van der Waals surface area contributed by atoms with E-state index in [0.717, 1.165) is 15.6 Å². The molecule has 3 atom stereocenters. The zero-order valence-corrected chi connectivity index (χ0v) is 14.3. The molecule has 4 nitrogen and oxygen atoms in total. The third-order valence-electron chi connectivity index (χ3n) is 4.35. The van der Waals surface area contributed by atoms with E-state index < -0.39 is 6.23 Å². The maximum absolute atomic E-state index is 12.7. The topological polar surface area (TPSA) is 32.8 Å². The number of benzene rings is 1. The first-order chi connectivity index (χ1) is 10.5. The summed E-state index contributed by atoms with van der Waals surface area (Å²) in [6.45, 7) is 6.16. The number of allylic oxidation sites excluding steroid dienone is 1. The Kier molecular flexibility index (Phi) is 4.00. The van der Waals surface area contributed by atoms with E-state index >= 15 is 0 Å². The normalized spacial score (nSPS) is 28.7. The molecule has 116 valence electrons. The van der Waals surface area contributed by atoms with Crippen LogP contribution in [0.2, 0.25) is 0 Å². The van der Waals surface area contributed by atoms with E-state index in [1.165, 1.54) is 0 Å². The molecule has 0 saturated carbocycles. The van der Waals surface area contributed by atoms with Gasteiger partial charge in [0.05, 0.1) is 18.3 Å². The third kappa shape index (κ3) is 2.43. The molecule has 0 aliphatic carbocycles. The minimum Gasteiger partial charge on any atom is -0.473 e. The van der Waals surface area contributed by atoms with Crippen molar-refractivity contribution >= 4 is 22.0 Å². The SMILES string of the molecule is C=C1CC(Br)=CO[C@@H]1N1C(=O)N(C)[C@@H](C)[C@H]1c1ccccc1. The summed E-state index contributed by atoms with van der Waals surface area (Å²) in [5.41, 5.74) is 1.99. The van der Waals surface area contributed by atoms with Crippen LogP contribution in [0.4, 0.5) is 4.79 Å². The molecule has 0 bridgehead atoms. The van der Waals surface area contributed by atoms with Crippen LogP contribution in [0, 0.1) is 0 Å². The van der Waals surface area contributed by atoms with E-state index in [-0.39, 0.29) is 18.1 Å². The van der Waals surface area contributed by atoms with Crippen molar-refractivity contribution in [1.29, 1.82) is 0 Å². The Balaban J connectivity index is 1.99. The Labute approximate surface area is 139 Å². The van der Waals surface area contributed by atoms with Crippen LogP contribution < -0.4 is 0 Å². The second kappa shape index (κ2) is 5.80. The Morgan fingerprint density at radius 2 is 2.00 bits per heavy atom. The highest BCUT2D eigenvalue weighted by atomic mass is 79.9. The van der Waals surface area contributed by atoms with Gasteiger partial charge in [-0.2, -0.15) is 0 Å². The van der Waals surface area contributed by atoms with Gasteiger partial charge in [-0.3, -0.25) is 4.90 Å². The molecule has 2 heterocycles. The van der Waals surface area contributed by atoms with Crippen molar-refractivity contribution in [2.75, 3.05) is 7.05 Å². The number of hydrogen-bond donors (Lipinski definition) is 0. The van der Waals surface area contributed by atoms with Crippen molar-refractivity contribution in [3.63, 3.8) is 0 Å². The van der Waals surface area contributed by atoms with Gasteiger partial charge in [-0.25, -0.2) is 4.79 Å². The molecule has 0 spiro atoms. The molecule has 5 heteroatoms. The van der Waals surface area contributed by atoms with Gasteiger partial charge in [0, 0.05) is 18.0 Å². The van der Waals surface area contributed by atoms with Gasteiger partial charge in [0.15, 0.2) is 6.23 Å². The summed E-state index contributed by atoms with van der Waals surface area (Å²) >= 11 is 3.43. The van der Waals surface area contributed by atoms with Crippen LogP contribution in [0.25, 0.3) is 0 Å². The molecular weight excluding hydrogens is 344 g/mol. The van der Waals surface area contributed by atoms with Crippen LogP contribution in [0.5, 0.6) is 0 Å². The molecule has 0 aromatic heterocycles. The molecule has 22 heavy (non-hydrogen) atoms. The Morgan fingerprint density at radius 1 is 1.32 bits per heavy atom. The number of likely N-dealkylation sites (N-methyl/N-ethyl adjacent to an activating group) is 1. The van der Waals surface area contributed by atoms with Crippen LogP contribution >= 0.6 is 15.9 Å². The maximum atomic E-state index is 12.7. The number of amides is 2. The van der Waals surface area contributed by atoms with E-state index in [2.05, 4.69) is 41.6 Å². The van der Waals surface area contributed by atoms with E-state index in [1.54, 1.807) is 16.1 Å². The smallest absolute Gasteiger partial charge is 0.323 e. The zero-order chi connectivity index (χ0) is 15.9. The molecule has 0 radical (unpaired) electrons. The lowest BCUT2D eigenvalue weighted by molar-refractivity contribution is 0.0245. The fraction of sp³-hybridized carbons (Fsp3) is 0.353. The molecule has 2 aliphatic heterocycles. The zero-order valence-electron chi connectivity index (χ0n) is 12.7. The van der Waals surface area contributed by atoms with E-state index in [0.29, 0.717) is 6.42 Å². The van der Waals surface area contributed by atoms with Gasteiger partial charge >= 0.3 is 6.03 Å². The van der Waals surface area contributed by atoms with Gasteiger partial charge in [-0.05, 0) is 18.1 Å². The first-order valence-electron chi connectivity index (χ1n) is 7.28. The van der Waals surface area contributed by atoms with Crippen LogP contribution in [0.1, 0.15) is 24.9 Å². The van der Waals surface area contributed by atoms with Crippen LogP contribution in [-0.2, 0) is 4.74 Å². The summed E-state index contributed by atoms with van der Waals surface area (Å²) in [4.78, 5) is 16.3. The lowest BCUT2D eigenvalue weighted by Gasteiger charge is -2.35. The minimum absolute atomic E-state index is 0.0288. The number of hydrogen-bond acceptors (Lipinski definition) is 2. The van der Waals surface area contributed by atoms with Crippen molar-refractivity contribution in [3.8, 4) is 0 Å². The number of carbonyl (C=O) groups excluding carboxylic acids is 1. The van der Waals surface area contributed by atoms with Crippen molar-refractivity contribution < 1.29 is 9.53 Å². The molecule has 0 unspecified atom stereocenters. The first kappa shape index (κ1) is 15.2. The summed E-state index contributed by atoms with van der Waals surface area (Å²) < 4.78 is 6.72. The summed E-state index contributed by atoms with van der Waals surface area (Å²) in [5.74, 6) is 0. The predicted octanol–water partition coefficient (Wildman–Crippen LogP) is 4.02. The Bertz CT molecular complexity index is 629. The molecule has 1 fully saturated rings. The summed E-state index contributed by atoms with van der Waals surface area (Å²) in [5, 5.41) is 0. The lowest BCUT2D eigenvalue weighted by Crippen LogP contribution is -2.42. The average Bonchev–Trinajstić information content (AvgIpc) is 2.73. The molecular formula is C17H19BrN2O2. The molecule has 0 N–H and O–H groups in total. The van der Waals surface area contributed by atoms with Gasteiger partial charge < -0.3 is 9.64 Å². The average molecular weight is 363 g/mol. The predicted molar refractivity (Wildman–Crippen MR) is 89.3 cm³/mol. The number of nitrogens with zero attached hydrogens (tertiary/aromatic N) is 2. The van der Waals surface area contributed by atoms with Crippen molar-refractivity contribution in [2.24, 2.45) is 0 Å². The molecule has 1 aromatic rings. The van der Waals surface area contributed by atoms with Gasteiger partial charge in [-0.1, -0.05) is 52.8 Å². The number of carbonyl (C=O) groups is 1. The molecule has 2 amide bonds. The number of rotatable bonds is 2. The monoisotopic (exact) mass is 362 g/mol. The van der Waals surface area contributed by atoms with Crippen LogP contribution in [0.15, 0.2) is 53.2 Å². The fourth-order valence-corrected chi connectivity index (χ4v) is 3.57. The minimum atomic E-state index is -0.425. The summed E-state index contributed by atoms with van der Waals surface area (Å²) in [7, 11) is 1.83.